The smallest absolute Gasteiger partial charge is 0.325 e. The second-order valence-corrected chi connectivity index (χ2v) is 5.12. The van der Waals surface area contributed by atoms with Crippen LogP contribution >= 0.6 is 0 Å². The molecule has 2 N–H and O–H groups in total. The molecule has 0 rings (SSSR count). The molecule has 0 saturated heterocycles. The van der Waals surface area contributed by atoms with Crippen molar-refractivity contribution in [2.75, 3.05) is 52.7 Å². The van der Waals surface area contributed by atoms with E-state index in [9.17, 15) is 4.79 Å². The number of nitrogens with two attached hydrogens (primary N) is 1. The van der Waals surface area contributed by atoms with Crippen molar-refractivity contribution in [3.05, 3.63) is 0 Å². The molecule has 6 heteroatoms. The fourth-order valence-electron chi connectivity index (χ4n) is 1.80. The second-order valence-electron chi connectivity index (χ2n) is 5.12. The molecule has 0 aliphatic carbocycles. The van der Waals surface area contributed by atoms with Crippen LogP contribution in [0.3, 0.4) is 0 Å². The molecular formula is C15H32N2O4. The number of hydrogen-bond acceptors (Lipinski definition) is 6. The summed E-state index contributed by atoms with van der Waals surface area (Å²) >= 11 is 0. The van der Waals surface area contributed by atoms with Gasteiger partial charge in [-0.2, -0.15) is 0 Å². The average Bonchev–Trinajstić information content (AvgIpc) is 2.45. The maximum Gasteiger partial charge on any atom is 0.325 e. The molecule has 0 aromatic carbocycles. The number of hydrogen-bond donors (Lipinski definition) is 1. The minimum absolute atomic E-state index is 0.348. The highest BCUT2D eigenvalue weighted by molar-refractivity contribution is 5.79. The number of carbonyl (C=O) groups is 1. The third-order valence-electron chi connectivity index (χ3n) is 3.20. The largest absolute Gasteiger partial charge is 0.465 e. The van der Waals surface area contributed by atoms with Crippen molar-refractivity contribution in [1.82, 2.24) is 4.90 Å². The number of esters is 1. The standard InChI is InChI=1S/C15H32N2O4/c1-5-19-12-10-17(11-13-20-6-2)9-8-15(4,16)14(18)21-7-3/h5-13,16H2,1-4H3. The lowest BCUT2D eigenvalue weighted by Crippen LogP contribution is -2.49. The van der Waals surface area contributed by atoms with Crippen molar-refractivity contribution < 1.29 is 19.0 Å². The lowest BCUT2D eigenvalue weighted by atomic mass is 9.99. The molecule has 0 spiro atoms. The van der Waals surface area contributed by atoms with Crippen molar-refractivity contribution in [1.29, 1.82) is 0 Å². The van der Waals surface area contributed by atoms with Crippen LogP contribution in [0.5, 0.6) is 0 Å². The second kappa shape index (κ2) is 11.9. The van der Waals surface area contributed by atoms with Crippen molar-refractivity contribution in [2.24, 2.45) is 5.73 Å². The topological polar surface area (TPSA) is 74.0 Å². The van der Waals surface area contributed by atoms with E-state index in [1.54, 1.807) is 13.8 Å². The molecule has 0 radical (unpaired) electrons. The molecule has 1 unspecified atom stereocenters. The van der Waals surface area contributed by atoms with Gasteiger partial charge in [0.25, 0.3) is 0 Å². The average molecular weight is 304 g/mol. The van der Waals surface area contributed by atoms with Gasteiger partial charge in [0, 0.05) is 32.8 Å². The number of nitrogens with zero attached hydrogens (tertiary/aromatic N) is 1. The zero-order chi connectivity index (χ0) is 16.1. The van der Waals surface area contributed by atoms with E-state index in [-0.39, 0.29) is 5.97 Å². The van der Waals surface area contributed by atoms with E-state index in [2.05, 4.69) is 4.90 Å². The van der Waals surface area contributed by atoms with Crippen molar-refractivity contribution in [2.45, 2.75) is 39.7 Å². The minimum atomic E-state index is -0.953. The van der Waals surface area contributed by atoms with Crippen molar-refractivity contribution >= 4 is 5.97 Å². The summed E-state index contributed by atoms with van der Waals surface area (Å²) in [5, 5.41) is 0. The molecule has 0 saturated carbocycles. The van der Waals surface area contributed by atoms with Crippen LogP contribution in [0.2, 0.25) is 0 Å². The first kappa shape index (κ1) is 20.3. The van der Waals surface area contributed by atoms with Crippen LogP contribution in [-0.2, 0) is 19.0 Å². The highest BCUT2D eigenvalue weighted by Gasteiger charge is 2.30. The summed E-state index contributed by atoms with van der Waals surface area (Å²) in [6.45, 7) is 12.9. The number of carbonyl (C=O) groups excluding carboxylic acids is 1. The zero-order valence-corrected chi connectivity index (χ0v) is 14.0. The Morgan fingerprint density at radius 2 is 1.52 bits per heavy atom. The van der Waals surface area contributed by atoms with Crippen LogP contribution in [0.1, 0.15) is 34.1 Å². The Morgan fingerprint density at radius 1 is 1.00 bits per heavy atom. The summed E-state index contributed by atoms with van der Waals surface area (Å²) in [6, 6.07) is 0. The molecule has 1 atom stereocenters. The van der Waals surface area contributed by atoms with Crippen LogP contribution in [-0.4, -0.2) is 69.1 Å². The van der Waals surface area contributed by atoms with Gasteiger partial charge in [-0.3, -0.25) is 9.69 Å². The molecule has 0 aromatic rings. The highest BCUT2D eigenvalue weighted by Crippen LogP contribution is 2.10. The molecule has 126 valence electrons. The molecular weight excluding hydrogens is 272 g/mol. The molecule has 6 nitrogen and oxygen atoms in total. The highest BCUT2D eigenvalue weighted by atomic mass is 16.5. The monoisotopic (exact) mass is 304 g/mol. The summed E-state index contributed by atoms with van der Waals surface area (Å²) in [5.41, 5.74) is 5.09. The van der Waals surface area contributed by atoms with E-state index in [1.807, 2.05) is 13.8 Å². The van der Waals surface area contributed by atoms with Crippen LogP contribution in [0, 0.1) is 0 Å². The molecule has 0 aliphatic heterocycles. The molecule has 0 heterocycles. The summed E-state index contributed by atoms with van der Waals surface area (Å²) in [5.74, 6) is -0.348. The van der Waals surface area contributed by atoms with Crippen LogP contribution in [0.25, 0.3) is 0 Å². The summed E-state index contributed by atoms with van der Waals surface area (Å²) < 4.78 is 15.8. The molecule has 0 fully saturated rings. The first-order chi connectivity index (χ1) is 9.97. The molecule has 0 bridgehead atoms. The fraction of sp³-hybridized carbons (Fsp3) is 0.933. The van der Waals surface area contributed by atoms with Gasteiger partial charge in [0.1, 0.15) is 5.54 Å². The van der Waals surface area contributed by atoms with Gasteiger partial charge in [-0.25, -0.2) is 0 Å². The molecule has 21 heavy (non-hydrogen) atoms. The van der Waals surface area contributed by atoms with E-state index in [0.717, 1.165) is 13.1 Å². The van der Waals surface area contributed by atoms with Gasteiger partial charge < -0.3 is 19.9 Å². The van der Waals surface area contributed by atoms with Gasteiger partial charge >= 0.3 is 5.97 Å². The lowest BCUT2D eigenvalue weighted by molar-refractivity contribution is -0.149. The van der Waals surface area contributed by atoms with Gasteiger partial charge in [0.2, 0.25) is 0 Å². The Balaban J connectivity index is 4.26. The van der Waals surface area contributed by atoms with Crippen LogP contribution in [0.15, 0.2) is 0 Å². The Kier molecular flexibility index (Phi) is 11.5. The van der Waals surface area contributed by atoms with Gasteiger partial charge in [0.05, 0.1) is 19.8 Å². The zero-order valence-electron chi connectivity index (χ0n) is 14.0. The first-order valence-electron chi connectivity index (χ1n) is 7.81. The molecule has 0 aliphatic rings. The van der Waals surface area contributed by atoms with E-state index >= 15 is 0 Å². The normalized spacial score (nSPS) is 14.2. The predicted octanol–water partition coefficient (Wildman–Crippen LogP) is 1.03. The maximum absolute atomic E-state index is 11.8. The maximum atomic E-state index is 11.8. The third-order valence-corrected chi connectivity index (χ3v) is 3.20. The van der Waals surface area contributed by atoms with E-state index in [1.165, 1.54) is 0 Å². The van der Waals surface area contributed by atoms with E-state index in [4.69, 9.17) is 19.9 Å². The lowest BCUT2D eigenvalue weighted by Gasteiger charge is -2.27. The van der Waals surface area contributed by atoms with Crippen molar-refractivity contribution in [3.63, 3.8) is 0 Å². The van der Waals surface area contributed by atoms with Crippen LogP contribution < -0.4 is 5.73 Å². The van der Waals surface area contributed by atoms with E-state index in [0.29, 0.717) is 46.0 Å². The molecule has 0 aromatic heterocycles. The van der Waals surface area contributed by atoms with Crippen molar-refractivity contribution in [3.8, 4) is 0 Å². The SMILES string of the molecule is CCOCCN(CCOCC)CCC(C)(N)C(=O)OCC. The predicted molar refractivity (Wildman–Crippen MR) is 83.3 cm³/mol. The van der Waals surface area contributed by atoms with Gasteiger partial charge in [-0.05, 0) is 34.1 Å². The summed E-state index contributed by atoms with van der Waals surface area (Å²) in [6.07, 6.45) is 0.546. The summed E-state index contributed by atoms with van der Waals surface area (Å²) in [7, 11) is 0. The van der Waals surface area contributed by atoms with Crippen LogP contribution in [0.4, 0.5) is 0 Å². The fourth-order valence-corrected chi connectivity index (χ4v) is 1.80. The Bertz CT molecular complexity index is 262. The van der Waals surface area contributed by atoms with Gasteiger partial charge in [-0.15, -0.1) is 0 Å². The molecule has 0 amide bonds. The quantitative estimate of drug-likeness (QED) is 0.405. The first-order valence-corrected chi connectivity index (χ1v) is 7.81. The summed E-state index contributed by atoms with van der Waals surface area (Å²) in [4.78, 5) is 14.0. The number of ether oxygens (including phenoxy) is 3. The minimum Gasteiger partial charge on any atom is -0.465 e. The van der Waals surface area contributed by atoms with E-state index < -0.39 is 5.54 Å². The Hall–Kier alpha value is -0.690. The van der Waals surface area contributed by atoms with Gasteiger partial charge in [0.15, 0.2) is 0 Å². The third kappa shape index (κ3) is 9.79. The number of rotatable bonds is 13. The Morgan fingerprint density at radius 3 is 1.95 bits per heavy atom. The Labute approximate surface area is 128 Å². The van der Waals surface area contributed by atoms with Gasteiger partial charge in [-0.1, -0.05) is 0 Å².